The van der Waals surface area contributed by atoms with E-state index in [2.05, 4.69) is 4.99 Å². The second kappa shape index (κ2) is 7.13. The summed E-state index contributed by atoms with van der Waals surface area (Å²) in [6, 6.07) is 3.97. The Kier molecular flexibility index (Phi) is 4.93. The fourth-order valence-corrected chi connectivity index (χ4v) is 4.37. The lowest BCUT2D eigenvalue weighted by Gasteiger charge is -2.40. The summed E-state index contributed by atoms with van der Waals surface area (Å²) >= 11 is 18.1. The highest BCUT2D eigenvalue weighted by atomic mass is 35.5. The predicted molar refractivity (Wildman–Crippen MR) is 108 cm³/mol. The second-order valence-corrected chi connectivity index (χ2v) is 8.08. The van der Waals surface area contributed by atoms with Gasteiger partial charge in [0.05, 0.1) is 6.54 Å². The Morgan fingerprint density at radius 2 is 1.93 bits per heavy atom. The summed E-state index contributed by atoms with van der Waals surface area (Å²) in [6.45, 7) is 2.59. The van der Waals surface area contributed by atoms with Crippen LogP contribution in [0.2, 0.25) is 10.0 Å². The number of alkyl halides is 1. The van der Waals surface area contributed by atoms with Gasteiger partial charge in [-0.05, 0) is 24.6 Å². The summed E-state index contributed by atoms with van der Waals surface area (Å²) in [5.74, 6) is 0.763. The Bertz CT molecular complexity index is 918. The minimum absolute atomic E-state index is 0.0679. The highest BCUT2D eigenvalue weighted by Gasteiger charge is 2.54. The molecule has 3 aliphatic heterocycles. The van der Waals surface area contributed by atoms with E-state index in [0.717, 1.165) is 5.70 Å². The maximum absolute atomic E-state index is 13.3. The number of hydrogen-bond donors (Lipinski definition) is 0. The van der Waals surface area contributed by atoms with Crippen molar-refractivity contribution in [3.63, 3.8) is 0 Å². The van der Waals surface area contributed by atoms with Gasteiger partial charge in [-0.3, -0.25) is 9.69 Å². The van der Waals surface area contributed by atoms with E-state index < -0.39 is 18.2 Å². The first-order valence-electron chi connectivity index (χ1n) is 8.73. The van der Waals surface area contributed by atoms with Crippen LogP contribution < -0.4 is 0 Å². The molecule has 0 bridgehead atoms. The maximum Gasteiger partial charge on any atom is 0.328 e. The number of guanidine groups is 1. The van der Waals surface area contributed by atoms with Crippen LogP contribution in [0.1, 0.15) is 12.5 Å². The maximum atomic E-state index is 13.3. The van der Waals surface area contributed by atoms with Crippen molar-refractivity contribution in [2.24, 2.45) is 4.99 Å². The lowest BCUT2D eigenvalue weighted by Crippen LogP contribution is -2.63. The van der Waals surface area contributed by atoms with E-state index in [1.807, 2.05) is 22.9 Å². The van der Waals surface area contributed by atoms with Crippen LogP contribution in [0.3, 0.4) is 0 Å². The lowest BCUT2D eigenvalue weighted by molar-refractivity contribution is -0.137. The van der Waals surface area contributed by atoms with Gasteiger partial charge in [-0.2, -0.15) is 0 Å². The number of fused-ring (bicyclic) bond motifs is 3. The van der Waals surface area contributed by atoms with Crippen molar-refractivity contribution in [3.05, 3.63) is 45.7 Å². The van der Waals surface area contributed by atoms with E-state index in [9.17, 15) is 9.59 Å². The van der Waals surface area contributed by atoms with Gasteiger partial charge in [0, 0.05) is 41.4 Å². The highest BCUT2D eigenvalue weighted by molar-refractivity contribution is 6.35. The van der Waals surface area contributed by atoms with Crippen LogP contribution >= 0.6 is 34.8 Å². The average molecular weight is 443 g/mol. The van der Waals surface area contributed by atoms with E-state index in [1.165, 1.54) is 9.80 Å². The Morgan fingerprint density at radius 1 is 1.18 bits per heavy atom. The first-order chi connectivity index (χ1) is 13.3. The molecule has 0 aromatic heterocycles. The summed E-state index contributed by atoms with van der Waals surface area (Å²) in [5.41, 5.74) is 1.60. The van der Waals surface area contributed by atoms with E-state index >= 15 is 0 Å². The van der Waals surface area contributed by atoms with Gasteiger partial charge in [0.2, 0.25) is 5.96 Å². The van der Waals surface area contributed by atoms with E-state index in [-0.39, 0.29) is 12.5 Å². The zero-order valence-corrected chi connectivity index (χ0v) is 17.5. The molecule has 1 fully saturated rings. The minimum atomic E-state index is -0.612. The van der Waals surface area contributed by atoms with Crippen LogP contribution in [-0.2, 0) is 11.3 Å². The van der Waals surface area contributed by atoms with Crippen molar-refractivity contribution in [2.75, 3.05) is 19.5 Å². The molecule has 4 rings (SSSR count). The van der Waals surface area contributed by atoms with Crippen LogP contribution in [0.4, 0.5) is 4.79 Å². The molecule has 0 N–H and O–H groups in total. The number of benzene rings is 1. The number of allylic oxidation sites excluding steroid dienone is 1. The number of urea groups is 1. The molecule has 2 unspecified atom stereocenters. The molecule has 3 heterocycles. The Morgan fingerprint density at radius 3 is 2.61 bits per heavy atom. The number of halogens is 3. The van der Waals surface area contributed by atoms with Crippen LogP contribution in [0.15, 0.2) is 35.1 Å². The molecule has 1 aromatic rings. The molecule has 10 heteroatoms. The lowest BCUT2D eigenvalue weighted by atomic mass is 10.1. The summed E-state index contributed by atoms with van der Waals surface area (Å²) in [7, 11) is 1.65. The topological polar surface area (TPSA) is 59.5 Å². The second-order valence-electron chi connectivity index (χ2n) is 6.86. The molecule has 3 aliphatic rings. The molecule has 0 spiro atoms. The Balaban J connectivity index is 1.64. The Hall–Kier alpha value is -1.96. The smallest absolute Gasteiger partial charge is 0.314 e. The van der Waals surface area contributed by atoms with Crippen molar-refractivity contribution < 1.29 is 9.59 Å². The number of likely N-dealkylation sites (N-methyl/N-ethyl adjacent to an activating group) is 1. The zero-order valence-electron chi connectivity index (χ0n) is 15.3. The van der Waals surface area contributed by atoms with Crippen LogP contribution in [0.25, 0.3) is 0 Å². The molecule has 0 aliphatic carbocycles. The van der Waals surface area contributed by atoms with Gasteiger partial charge < -0.3 is 14.7 Å². The molecule has 28 heavy (non-hydrogen) atoms. The van der Waals surface area contributed by atoms with Crippen LogP contribution in [-0.4, -0.2) is 69.2 Å². The number of hydrogen-bond acceptors (Lipinski definition) is 5. The number of aliphatic imine (C=N–C) groups is 1. The predicted octanol–water partition coefficient (Wildman–Crippen LogP) is 3.17. The third-order valence-corrected chi connectivity index (χ3v) is 5.91. The molecule has 148 valence electrons. The van der Waals surface area contributed by atoms with Crippen molar-refractivity contribution in [2.45, 2.75) is 25.7 Å². The molecule has 1 aromatic carbocycles. The summed E-state index contributed by atoms with van der Waals surface area (Å²) in [6.07, 6.45) is 1.31. The Labute approximate surface area is 177 Å². The number of carbonyl (C=O) groups is 2. The number of imide groups is 1. The first-order valence-corrected chi connectivity index (χ1v) is 10.0. The number of rotatable bonds is 4. The first kappa shape index (κ1) is 19.4. The minimum Gasteiger partial charge on any atom is -0.314 e. The number of amides is 3. The van der Waals surface area contributed by atoms with E-state index in [4.69, 9.17) is 34.8 Å². The van der Waals surface area contributed by atoms with Crippen LogP contribution in [0, 0.1) is 0 Å². The highest BCUT2D eigenvalue weighted by Crippen LogP contribution is 2.35. The monoisotopic (exact) mass is 441 g/mol. The summed E-state index contributed by atoms with van der Waals surface area (Å²) in [4.78, 5) is 37.3. The van der Waals surface area contributed by atoms with Gasteiger partial charge >= 0.3 is 6.03 Å². The van der Waals surface area contributed by atoms with Gasteiger partial charge in [-0.25, -0.2) is 9.79 Å². The van der Waals surface area contributed by atoms with Crippen molar-refractivity contribution in [3.8, 4) is 0 Å². The van der Waals surface area contributed by atoms with Crippen molar-refractivity contribution >= 4 is 52.7 Å². The van der Waals surface area contributed by atoms with Crippen molar-refractivity contribution in [1.82, 2.24) is 19.6 Å². The third kappa shape index (κ3) is 2.93. The molecule has 3 amide bonds. The largest absolute Gasteiger partial charge is 0.328 e. The average Bonchev–Trinajstić information content (AvgIpc) is 3.15. The molecule has 0 radical (unpaired) electrons. The normalized spacial score (nSPS) is 23.9. The molecule has 7 nitrogen and oxygen atoms in total. The number of nitrogens with zero attached hydrogens (tertiary/aromatic N) is 5. The number of carbonyl (C=O) groups excluding carboxylic acids is 2. The molecular weight excluding hydrogens is 425 g/mol. The fourth-order valence-electron chi connectivity index (χ4n) is 3.73. The summed E-state index contributed by atoms with van der Waals surface area (Å²) < 4.78 is 0. The fraction of sp³-hybridized carbons (Fsp3) is 0.389. The van der Waals surface area contributed by atoms with Gasteiger partial charge in [-0.15, -0.1) is 11.6 Å². The van der Waals surface area contributed by atoms with Gasteiger partial charge in [-0.1, -0.05) is 29.3 Å². The quantitative estimate of drug-likeness (QED) is 0.672. The van der Waals surface area contributed by atoms with E-state index in [1.54, 1.807) is 25.2 Å². The zero-order chi connectivity index (χ0) is 20.2. The molecular formula is C18H18Cl3N5O2. The van der Waals surface area contributed by atoms with Crippen LogP contribution in [0.5, 0.6) is 0 Å². The van der Waals surface area contributed by atoms with E-state index in [0.29, 0.717) is 34.0 Å². The molecule has 0 saturated carbocycles. The molecule has 1 saturated heterocycles. The van der Waals surface area contributed by atoms with Crippen molar-refractivity contribution in [1.29, 1.82) is 0 Å². The summed E-state index contributed by atoms with van der Waals surface area (Å²) in [5, 5.41) is 0.902. The van der Waals surface area contributed by atoms with Gasteiger partial charge in [0.15, 0.2) is 12.2 Å². The standard InChI is InChI=1S/C18H18Cl3N5O2/c1-10-8-25-14-15(22-17(25)24(10)6-5-19)23(2)18(28)26(16(14)27)9-11-3-4-12(20)7-13(11)21/h3-4,7-8,14-15H,5-6,9H2,1-2H3. The van der Waals surface area contributed by atoms with Gasteiger partial charge in [0.25, 0.3) is 5.91 Å². The SMILES string of the molecule is CC1=CN2C(=NC3C2C(=O)N(Cc2ccc(Cl)cc2Cl)C(=O)N3C)N1CCCl. The van der Waals surface area contributed by atoms with Gasteiger partial charge in [0.1, 0.15) is 0 Å². The third-order valence-electron chi connectivity index (χ3n) is 5.15. The molecule has 2 atom stereocenters.